The molecule has 1 aromatic heterocycles. The zero-order chi connectivity index (χ0) is 11.3. The van der Waals surface area contributed by atoms with Gasteiger partial charge in [-0.2, -0.15) is 10.5 Å². The molecule has 3 N–H and O–H groups in total. The van der Waals surface area contributed by atoms with Gasteiger partial charge in [-0.05, 0) is 6.07 Å². The summed E-state index contributed by atoms with van der Waals surface area (Å²) >= 11 is 1.30. The highest BCUT2D eigenvalue weighted by molar-refractivity contribution is 7.99. The second kappa shape index (κ2) is 4.91. The van der Waals surface area contributed by atoms with Crippen LogP contribution < -0.4 is 10.7 Å². The Morgan fingerprint density at radius 1 is 1.40 bits per heavy atom. The van der Waals surface area contributed by atoms with Gasteiger partial charge in [0.15, 0.2) is 5.03 Å². The fraction of sp³-hybridized carbons (Fsp3) is 0.100. The number of pyridine rings is 1. The monoisotopic (exact) mass is 215 g/mol. The van der Waals surface area contributed by atoms with Crippen molar-refractivity contribution in [3.63, 3.8) is 0 Å². The van der Waals surface area contributed by atoms with Crippen molar-refractivity contribution >= 4 is 17.6 Å². The number of anilines is 1. The summed E-state index contributed by atoms with van der Waals surface area (Å²) in [5.74, 6) is 3.13. The number of hydrogen-bond donors (Lipinski definition) is 1. The van der Waals surface area contributed by atoms with Gasteiger partial charge in [-0.25, -0.2) is 4.98 Å². The summed E-state index contributed by atoms with van der Waals surface area (Å²) in [5.41, 5.74) is 6.21. The van der Waals surface area contributed by atoms with E-state index in [2.05, 4.69) is 10.9 Å². The zero-order valence-electron chi connectivity index (χ0n) is 7.74. The third-order valence-electron chi connectivity index (χ3n) is 1.61. The highest BCUT2D eigenvalue weighted by Crippen LogP contribution is 2.19. The van der Waals surface area contributed by atoms with E-state index in [1.54, 1.807) is 0 Å². The molecule has 0 fully saturated rings. The molecule has 0 atom stereocenters. The lowest BCUT2D eigenvalue weighted by atomic mass is 10.2. The molecule has 4 nitrogen and oxygen atoms in total. The van der Waals surface area contributed by atoms with Crippen LogP contribution in [0.15, 0.2) is 11.1 Å². The first kappa shape index (κ1) is 10.9. The van der Waals surface area contributed by atoms with E-state index in [0.717, 1.165) is 0 Å². The topological polar surface area (TPSA) is 87.7 Å². The summed E-state index contributed by atoms with van der Waals surface area (Å²) < 4.78 is 0. The number of aromatic nitrogens is 1. The highest BCUT2D eigenvalue weighted by Gasteiger charge is 2.13. The maximum atomic E-state index is 8.84. The SMILES string of the molecule is C#CCSc1[nH+]c(N)c(C#N)cc1C#N. The van der Waals surface area contributed by atoms with Crippen molar-refractivity contribution in [1.29, 1.82) is 10.5 Å². The molecule has 0 aliphatic rings. The number of H-pyrrole nitrogens is 1. The first-order valence-electron chi connectivity index (χ1n) is 3.95. The van der Waals surface area contributed by atoms with Crippen molar-refractivity contribution in [2.45, 2.75) is 5.03 Å². The lowest BCUT2D eigenvalue weighted by molar-refractivity contribution is -0.410. The Bertz CT molecular complexity index is 502. The minimum atomic E-state index is 0.246. The van der Waals surface area contributed by atoms with Crippen molar-refractivity contribution in [3.8, 4) is 24.5 Å². The van der Waals surface area contributed by atoms with E-state index in [4.69, 9.17) is 22.7 Å². The molecule has 0 amide bonds. The smallest absolute Gasteiger partial charge is 0.286 e. The van der Waals surface area contributed by atoms with E-state index < -0.39 is 0 Å². The number of nitrogens with zero attached hydrogens (tertiary/aromatic N) is 2. The molecule has 0 aromatic carbocycles. The summed E-state index contributed by atoms with van der Waals surface area (Å²) in [6.45, 7) is 0. The quantitative estimate of drug-likeness (QED) is 0.576. The molecule has 1 heterocycles. The predicted octanol–water partition coefficient (Wildman–Crippen LogP) is 0.552. The summed E-state index contributed by atoms with van der Waals surface area (Å²) in [7, 11) is 0. The fourth-order valence-electron chi connectivity index (χ4n) is 0.948. The average molecular weight is 215 g/mol. The number of nitrogen functional groups attached to an aromatic ring is 1. The third kappa shape index (κ3) is 2.40. The van der Waals surface area contributed by atoms with Gasteiger partial charge in [-0.3, -0.25) is 5.73 Å². The molecule has 72 valence electrons. The van der Waals surface area contributed by atoms with Crippen LogP contribution in [0.25, 0.3) is 0 Å². The Kier molecular flexibility index (Phi) is 3.57. The molecular formula is C10H7N4S+. The molecule has 5 heteroatoms. The molecule has 0 bridgehead atoms. The Morgan fingerprint density at radius 3 is 2.60 bits per heavy atom. The van der Waals surface area contributed by atoms with Crippen molar-refractivity contribution < 1.29 is 4.98 Å². The molecule has 0 aliphatic carbocycles. The van der Waals surface area contributed by atoms with Crippen molar-refractivity contribution in [3.05, 3.63) is 17.2 Å². The van der Waals surface area contributed by atoms with Gasteiger partial charge in [0.25, 0.3) is 5.82 Å². The second-order valence-electron chi connectivity index (χ2n) is 2.56. The van der Waals surface area contributed by atoms with Crippen molar-refractivity contribution in [1.82, 2.24) is 0 Å². The van der Waals surface area contributed by atoms with Crippen LogP contribution >= 0.6 is 11.8 Å². The lowest BCUT2D eigenvalue weighted by Gasteiger charge is -1.99. The summed E-state index contributed by atoms with van der Waals surface area (Å²) in [4.78, 5) is 2.78. The van der Waals surface area contributed by atoms with Crippen LogP contribution in [-0.2, 0) is 0 Å². The van der Waals surface area contributed by atoms with Gasteiger partial charge in [0.1, 0.15) is 23.3 Å². The number of aromatic amines is 1. The minimum absolute atomic E-state index is 0.246. The van der Waals surface area contributed by atoms with Crippen LogP contribution in [-0.4, -0.2) is 5.75 Å². The number of thioether (sulfide) groups is 1. The normalized spacial score (nSPS) is 8.60. The minimum Gasteiger partial charge on any atom is -0.286 e. The van der Waals surface area contributed by atoms with Crippen molar-refractivity contribution in [2.75, 3.05) is 11.5 Å². The molecule has 0 saturated carbocycles. The maximum absolute atomic E-state index is 8.84. The maximum Gasteiger partial charge on any atom is 0.289 e. The van der Waals surface area contributed by atoms with E-state index in [0.29, 0.717) is 16.3 Å². The van der Waals surface area contributed by atoms with E-state index in [9.17, 15) is 0 Å². The van der Waals surface area contributed by atoms with Crippen LogP contribution in [0.2, 0.25) is 0 Å². The number of rotatable bonds is 2. The molecule has 0 aliphatic heterocycles. The molecule has 0 radical (unpaired) electrons. The lowest BCUT2D eigenvalue weighted by Crippen LogP contribution is -2.16. The van der Waals surface area contributed by atoms with Gasteiger partial charge in [0.2, 0.25) is 0 Å². The number of nitrogens with one attached hydrogen (secondary N) is 1. The summed E-state index contributed by atoms with van der Waals surface area (Å²) in [6.07, 6.45) is 5.11. The third-order valence-corrected chi connectivity index (χ3v) is 2.53. The van der Waals surface area contributed by atoms with E-state index >= 15 is 0 Å². The van der Waals surface area contributed by atoms with Gasteiger partial charge >= 0.3 is 0 Å². The van der Waals surface area contributed by atoms with Gasteiger partial charge in [-0.1, -0.05) is 17.7 Å². The van der Waals surface area contributed by atoms with E-state index in [1.807, 2.05) is 12.1 Å². The fourth-order valence-corrected chi connectivity index (χ4v) is 1.62. The molecular weight excluding hydrogens is 208 g/mol. The number of nitriles is 2. The van der Waals surface area contributed by atoms with Gasteiger partial charge in [0.05, 0.1) is 5.75 Å². The molecule has 0 unspecified atom stereocenters. The number of nitrogens with two attached hydrogens (primary N) is 1. The number of hydrogen-bond acceptors (Lipinski definition) is 4. The molecule has 1 aromatic rings. The van der Waals surface area contributed by atoms with Crippen LogP contribution in [0.4, 0.5) is 5.82 Å². The largest absolute Gasteiger partial charge is 0.289 e. The average Bonchev–Trinajstić information content (AvgIpc) is 2.26. The molecule has 1 rings (SSSR count). The van der Waals surface area contributed by atoms with Crippen LogP contribution in [0, 0.1) is 35.0 Å². The molecule has 0 saturated heterocycles. The first-order valence-corrected chi connectivity index (χ1v) is 4.93. The van der Waals surface area contributed by atoms with Gasteiger partial charge in [-0.15, -0.1) is 6.42 Å². The molecule has 0 spiro atoms. The van der Waals surface area contributed by atoms with Crippen LogP contribution in [0.3, 0.4) is 0 Å². The Balaban J connectivity index is 3.20. The standard InChI is InChI=1S/C10H6N4S/c1-2-3-15-10-8(6-12)4-7(5-11)9(13)14-10/h1,4H,3H2,(H2,13,14)/p+1. The Morgan fingerprint density at radius 2 is 2.07 bits per heavy atom. The van der Waals surface area contributed by atoms with Crippen molar-refractivity contribution in [2.24, 2.45) is 0 Å². The Labute approximate surface area is 91.7 Å². The Hall–Kier alpha value is -2.16. The summed E-state index contributed by atoms with van der Waals surface area (Å²) in [6, 6.07) is 5.32. The second-order valence-corrected chi connectivity index (χ2v) is 3.54. The highest BCUT2D eigenvalue weighted by atomic mass is 32.2. The van der Waals surface area contributed by atoms with E-state index in [-0.39, 0.29) is 11.4 Å². The zero-order valence-corrected chi connectivity index (χ0v) is 8.56. The first-order chi connectivity index (χ1) is 7.22. The predicted molar refractivity (Wildman–Crippen MR) is 56.4 cm³/mol. The van der Waals surface area contributed by atoms with Gasteiger partial charge < -0.3 is 0 Å². The van der Waals surface area contributed by atoms with Crippen LogP contribution in [0.5, 0.6) is 0 Å². The van der Waals surface area contributed by atoms with Crippen LogP contribution in [0.1, 0.15) is 11.1 Å². The number of terminal acetylenes is 1. The summed E-state index contributed by atoms with van der Waals surface area (Å²) in [5, 5.41) is 18.1. The van der Waals surface area contributed by atoms with E-state index in [1.165, 1.54) is 17.8 Å². The molecule has 15 heavy (non-hydrogen) atoms. The van der Waals surface area contributed by atoms with Gasteiger partial charge in [0, 0.05) is 0 Å².